The lowest BCUT2D eigenvalue weighted by molar-refractivity contribution is 0.0612. The number of carbonyl (C=O) groups excluding carboxylic acids is 2. The molecule has 9 nitrogen and oxygen atoms in total. The van der Waals surface area contributed by atoms with E-state index in [1.807, 2.05) is 0 Å². The van der Waals surface area contributed by atoms with Gasteiger partial charge in [0.05, 0.1) is 26.5 Å². The summed E-state index contributed by atoms with van der Waals surface area (Å²) in [6, 6.07) is 9.36. The number of hydrogen-bond acceptors (Lipinski definition) is 8. The molecule has 178 valence electrons. The summed E-state index contributed by atoms with van der Waals surface area (Å²) in [4.78, 5) is 34.6. The number of hydrogen-bond donors (Lipinski definition) is 0. The Balaban J connectivity index is 2.54. The molecule has 0 atom stereocenters. The molecule has 1 amide bonds. The summed E-state index contributed by atoms with van der Waals surface area (Å²) in [5.74, 6) is -0.843. The molecular formula is C23H22FN3O6S. The van der Waals surface area contributed by atoms with Crippen LogP contribution in [0.15, 0.2) is 46.4 Å². The lowest BCUT2D eigenvalue weighted by Crippen LogP contribution is -2.18. The van der Waals surface area contributed by atoms with Crippen LogP contribution in [-0.2, 0) is 14.2 Å². The van der Waals surface area contributed by atoms with Gasteiger partial charge in [0, 0.05) is 5.56 Å². The zero-order chi connectivity index (χ0) is 25.1. The molecule has 0 heterocycles. The molecule has 11 heteroatoms. The van der Waals surface area contributed by atoms with Crippen LogP contribution in [-0.4, -0.2) is 56.7 Å². The van der Waals surface area contributed by atoms with Crippen LogP contribution >= 0.6 is 11.8 Å². The lowest BCUT2D eigenvalue weighted by atomic mass is 10.1. The Morgan fingerprint density at radius 1 is 1.12 bits per heavy atom. The number of nitrogens with zero attached hydrogens (tertiary/aromatic N) is 3. The van der Waals surface area contributed by atoms with Crippen molar-refractivity contribution in [1.29, 1.82) is 0 Å². The number of aliphatic imine (C=N–C) groups is 2. The number of rotatable bonds is 7. The van der Waals surface area contributed by atoms with Gasteiger partial charge in [-0.2, -0.15) is 4.99 Å². The van der Waals surface area contributed by atoms with Crippen LogP contribution in [0.1, 0.15) is 11.1 Å². The van der Waals surface area contributed by atoms with Crippen molar-refractivity contribution in [2.24, 2.45) is 9.98 Å². The zero-order valence-corrected chi connectivity index (χ0v) is 19.8. The number of methoxy groups -OCH3 is 2. The van der Waals surface area contributed by atoms with Gasteiger partial charge in [-0.1, -0.05) is 12.1 Å². The molecule has 34 heavy (non-hydrogen) atoms. The number of amides is 1. The Morgan fingerprint density at radius 3 is 2.41 bits per heavy atom. The monoisotopic (exact) mass is 487 g/mol. The second-order valence-corrected chi connectivity index (χ2v) is 7.25. The minimum atomic E-state index is -0.878. The van der Waals surface area contributed by atoms with Gasteiger partial charge in [-0.05, 0) is 43.0 Å². The van der Waals surface area contributed by atoms with Crippen molar-refractivity contribution >= 4 is 46.1 Å². The molecule has 0 aliphatic carbocycles. The van der Waals surface area contributed by atoms with Gasteiger partial charge in [-0.25, -0.2) is 23.8 Å². The van der Waals surface area contributed by atoms with Crippen molar-refractivity contribution in [3.63, 3.8) is 0 Å². The van der Waals surface area contributed by atoms with E-state index >= 15 is 4.39 Å². The third-order valence-electron chi connectivity index (χ3n) is 4.15. The van der Waals surface area contributed by atoms with Gasteiger partial charge in [0.1, 0.15) is 24.0 Å². The highest BCUT2D eigenvalue weighted by Gasteiger charge is 2.21. The van der Waals surface area contributed by atoms with Gasteiger partial charge in [0.25, 0.3) is 0 Å². The predicted octanol–water partition coefficient (Wildman–Crippen LogP) is 5.50. The SMILES string of the molecule is [C-]#[N+]c1ccc(N=C(C(=NC(=O)OC)SC)c2cc(C)cc(OCCOC(=O)OC)c2F)cc1. The third-order valence-corrected chi connectivity index (χ3v) is 4.82. The average Bonchev–Trinajstić information content (AvgIpc) is 2.85. The molecule has 2 aromatic carbocycles. The highest BCUT2D eigenvalue weighted by molar-refractivity contribution is 8.15. The number of halogens is 1. The fraction of sp³-hybridized carbons (Fsp3) is 0.261. The van der Waals surface area contributed by atoms with Crippen LogP contribution in [0.5, 0.6) is 5.75 Å². The highest BCUT2D eigenvalue weighted by atomic mass is 32.2. The molecule has 0 unspecified atom stereocenters. The van der Waals surface area contributed by atoms with Crippen molar-refractivity contribution < 1.29 is 32.9 Å². The maximum absolute atomic E-state index is 15.5. The van der Waals surface area contributed by atoms with E-state index in [0.29, 0.717) is 16.9 Å². The van der Waals surface area contributed by atoms with Gasteiger partial charge >= 0.3 is 12.2 Å². The molecule has 0 N–H and O–H groups in total. The van der Waals surface area contributed by atoms with Gasteiger partial charge in [0.2, 0.25) is 0 Å². The van der Waals surface area contributed by atoms with Gasteiger partial charge in [0.15, 0.2) is 17.3 Å². The van der Waals surface area contributed by atoms with Crippen LogP contribution in [0.2, 0.25) is 0 Å². The molecule has 0 radical (unpaired) electrons. The van der Waals surface area contributed by atoms with E-state index < -0.39 is 18.1 Å². The molecule has 0 aliphatic heterocycles. The Hall–Kier alpha value is -3.91. The van der Waals surface area contributed by atoms with Gasteiger partial charge in [-0.3, -0.25) is 0 Å². The first-order valence-electron chi connectivity index (χ1n) is 9.74. The van der Waals surface area contributed by atoms with Gasteiger partial charge in [-0.15, -0.1) is 11.8 Å². The summed E-state index contributed by atoms with van der Waals surface area (Å²) >= 11 is 1.08. The first-order chi connectivity index (χ1) is 16.3. The number of carbonyl (C=O) groups is 2. The summed E-state index contributed by atoms with van der Waals surface area (Å²) in [5.41, 5.74) is 1.60. The van der Waals surface area contributed by atoms with E-state index in [2.05, 4.69) is 24.3 Å². The maximum Gasteiger partial charge on any atom is 0.508 e. The second-order valence-electron chi connectivity index (χ2n) is 6.46. The number of benzene rings is 2. The van der Waals surface area contributed by atoms with Crippen LogP contribution < -0.4 is 4.74 Å². The number of ether oxygens (including phenoxy) is 4. The Bertz CT molecular complexity index is 1140. The first kappa shape index (κ1) is 26.3. The van der Waals surface area contributed by atoms with Crippen molar-refractivity contribution in [2.45, 2.75) is 6.92 Å². The summed E-state index contributed by atoms with van der Waals surface area (Å²) in [7, 11) is 2.35. The molecular weight excluding hydrogens is 465 g/mol. The Morgan fingerprint density at radius 2 is 1.82 bits per heavy atom. The largest absolute Gasteiger partial charge is 0.508 e. The maximum atomic E-state index is 15.5. The van der Waals surface area contributed by atoms with E-state index in [-0.39, 0.29) is 35.3 Å². The first-order valence-corrected chi connectivity index (χ1v) is 11.0. The molecule has 0 aromatic heterocycles. The zero-order valence-electron chi connectivity index (χ0n) is 19.0. The average molecular weight is 488 g/mol. The second kappa shape index (κ2) is 13.0. The highest BCUT2D eigenvalue weighted by Crippen LogP contribution is 2.28. The molecule has 0 saturated heterocycles. The lowest BCUT2D eigenvalue weighted by Gasteiger charge is -2.14. The molecule has 0 spiro atoms. The van der Waals surface area contributed by atoms with Crippen molar-refractivity contribution in [2.75, 3.05) is 33.7 Å². The minimum Gasteiger partial charge on any atom is -0.487 e. The van der Waals surface area contributed by atoms with E-state index in [4.69, 9.17) is 16.0 Å². The van der Waals surface area contributed by atoms with Crippen LogP contribution in [0.3, 0.4) is 0 Å². The standard InChI is InChI=1S/C23H22FN3O6S/c1-14-12-17(19(24)18(13-14)32-10-11-33-23(29)31-4)20(21(34-5)27-22(28)30-3)26-16-8-6-15(25-2)7-9-16/h6-9,12-13H,10-11H2,1,3-5H3. The van der Waals surface area contributed by atoms with Crippen LogP contribution in [0.25, 0.3) is 4.85 Å². The molecule has 2 rings (SSSR count). The number of thioether (sulfide) groups is 1. The summed E-state index contributed by atoms with van der Waals surface area (Å²) in [6.45, 7) is 8.55. The summed E-state index contributed by atoms with van der Waals surface area (Å²) in [5, 5.41) is 0.116. The quantitative estimate of drug-likeness (QED) is 0.167. The normalized spacial score (nSPS) is 11.4. The Labute approximate surface area is 200 Å². The van der Waals surface area contributed by atoms with Crippen LogP contribution in [0, 0.1) is 19.3 Å². The van der Waals surface area contributed by atoms with Gasteiger partial charge < -0.3 is 18.9 Å². The molecule has 2 aromatic rings. The fourth-order valence-electron chi connectivity index (χ4n) is 2.63. The van der Waals surface area contributed by atoms with Crippen molar-refractivity contribution in [3.05, 3.63) is 64.8 Å². The van der Waals surface area contributed by atoms with Crippen molar-refractivity contribution in [1.82, 2.24) is 0 Å². The van der Waals surface area contributed by atoms with E-state index in [9.17, 15) is 9.59 Å². The fourth-order valence-corrected chi connectivity index (χ4v) is 3.14. The topological polar surface area (TPSA) is 100 Å². The smallest absolute Gasteiger partial charge is 0.487 e. The van der Waals surface area contributed by atoms with E-state index in [1.165, 1.54) is 20.3 Å². The summed E-state index contributed by atoms with van der Waals surface area (Å²) in [6.07, 6.45) is -0.0876. The summed E-state index contributed by atoms with van der Waals surface area (Å²) < 4.78 is 34.7. The van der Waals surface area contributed by atoms with Crippen molar-refractivity contribution in [3.8, 4) is 5.75 Å². The molecule has 0 fully saturated rings. The predicted molar refractivity (Wildman–Crippen MR) is 127 cm³/mol. The minimum absolute atomic E-state index is 0.0372. The molecule has 0 bridgehead atoms. The number of aryl methyl sites for hydroxylation is 1. The third kappa shape index (κ3) is 7.31. The van der Waals surface area contributed by atoms with E-state index in [0.717, 1.165) is 11.8 Å². The van der Waals surface area contributed by atoms with Crippen LogP contribution in [0.4, 0.5) is 25.4 Å². The molecule has 0 aliphatic rings. The molecule has 0 saturated carbocycles. The van der Waals surface area contributed by atoms with E-state index in [1.54, 1.807) is 43.5 Å². The Kier molecular flexibility index (Phi) is 10.0.